The van der Waals surface area contributed by atoms with Gasteiger partial charge in [-0.25, -0.2) is 0 Å². The van der Waals surface area contributed by atoms with Gasteiger partial charge in [0.15, 0.2) is 0 Å². The van der Waals surface area contributed by atoms with E-state index in [1.807, 2.05) is 11.6 Å². The van der Waals surface area contributed by atoms with Crippen LogP contribution in [0.1, 0.15) is 30.8 Å². The van der Waals surface area contributed by atoms with Crippen molar-refractivity contribution in [3.8, 4) is 12.3 Å². The molecule has 0 aliphatic heterocycles. The monoisotopic (exact) mass is 205 g/mol. The van der Waals surface area contributed by atoms with E-state index in [-0.39, 0.29) is 0 Å². The van der Waals surface area contributed by atoms with Gasteiger partial charge >= 0.3 is 0 Å². The normalized spacial score (nSPS) is 10.7. The Labute approximate surface area is 91.9 Å². The van der Waals surface area contributed by atoms with Crippen LogP contribution in [0.4, 0.5) is 0 Å². The molecule has 0 bridgehead atoms. The van der Waals surface area contributed by atoms with Crippen molar-refractivity contribution < 1.29 is 0 Å². The molecule has 0 saturated carbocycles. The summed E-state index contributed by atoms with van der Waals surface area (Å²) in [6, 6.07) is 0.486. The molecule has 0 fully saturated rings. The van der Waals surface area contributed by atoms with E-state index in [1.165, 1.54) is 11.3 Å². The van der Waals surface area contributed by atoms with Crippen LogP contribution in [0.15, 0.2) is 0 Å². The summed E-state index contributed by atoms with van der Waals surface area (Å²) >= 11 is 0. The molecule has 1 rings (SSSR count). The second-order valence-electron chi connectivity index (χ2n) is 4.05. The molecule has 1 N–H and O–H groups in total. The fraction of sp³-hybridized carbons (Fsp3) is 0.583. The summed E-state index contributed by atoms with van der Waals surface area (Å²) in [5, 5.41) is 7.81. The maximum Gasteiger partial charge on any atom is 0.102 e. The van der Waals surface area contributed by atoms with Crippen molar-refractivity contribution in [3.63, 3.8) is 0 Å². The highest BCUT2D eigenvalue weighted by molar-refractivity contribution is 5.24. The van der Waals surface area contributed by atoms with E-state index >= 15 is 0 Å². The quantitative estimate of drug-likeness (QED) is 0.757. The molecule has 1 heterocycles. The van der Waals surface area contributed by atoms with Crippen LogP contribution in [0.5, 0.6) is 0 Å². The number of hydrogen-bond acceptors (Lipinski definition) is 2. The summed E-state index contributed by atoms with van der Waals surface area (Å²) in [4.78, 5) is 0. The maximum atomic E-state index is 5.28. The zero-order valence-corrected chi connectivity index (χ0v) is 9.96. The molecule has 1 aromatic heterocycles. The van der Waals surface area contributed by atoms with Crippen LogP contribution in [0.2, 0.25) is 0 Å². The van der Waals surface area contributed by atoms with Crippen molar-refractivity contribution in [3.05, 3.63) is 17.0 Å². The van der Waals surface area contributed by atoms with Gasteiger partial charge < -0.3 is 5.32 Å². The van der Waals surface area contributed by atoms with Gasteiger partial charge in [-0.05, 0) is 13.8 Å². The minimum atomic E-state index is 0.486. The van der Waals surface area contributed by atoms with Crippen molar-refractivity contribution >= 4 is 0 Å². The first kappa shape index (κ1) is 11.8. The highest BCUT2D eigenvalue weighted by atomic mass is 15.3. The Morgan fingerprint density at radius 3 is 2.67 bits per heavy atom. The fourth-order valence-electron chi connectivity index (χ4n) is 1.54. The highest BCUT2D eigenvalue weighted by Crippen LogP contribution is 2.12. The molecule has 0 atom stereocenters. The van der Waals surface area contributed by atoms with Gasteiger partial charge in [0, 0.05) is 23.8 Å². The largest absolute Gasteiger partial charge is 0.310 e. The molecule has 82 valence electrons. The summed E-state index contributed by atoms with van der Waals surface area (Å²) in [6.07, 6.45) is 5.28. The number of nitrogens with one attached hydrogen (secondary N) is 1. The minimum absolute atomic E-state index is 0.486. The van der Waals surface area contributed by atoms with Gasteiger partial charge in [0.25, 0.3) is 0 Å². The van der Waals surface area contributed by atoms with Crippen molar-refractivity contribution in [1.82, 2.24) is 15.1 Å². The van der Waals surface area contributed by atoms with E-state index in [9.17, 15) is 0 Å². The van der Waals surface area contributed by atoms with Crippen LogP contribution in [-0.2, 0) is 13.1 Å². The lowest BCUT2D eigenvalue weighted by atomic mass is 10.2. The SMILES string of the molecule is C#CCn1nc(C)c(CNC(C)C)c1C. The molecule has 0 unspecified atom stereocenters. The highest BCUT2D eigenvalue weighted by Gasteiger charge is 2.10. The van der Waals surface area contributed by atoms with Crippen LogP contribution >= 0.6 is 0 Å². The minimum Gasteiger partial charge on any atom is -0.310 e. The van der Waals surface area contributed by atoms with Crippen LogP contribution in [-0.4, -0.2) is 15.8 Å². The molecule has 0 radical (unpaired) electrons. The molecule has 3 heteroatoms. The molecule has 3 nitrogen and oxygen atoms in total. The molecule has 1 aromatic rings. The van der Waals surface area contributed by atoms with E-state index in [4.69, 9.17) is 6.42 Å². The summed E-state index contributed by atoms with van der Waals surface area (Å²) in [5.41, 5.74) is 3.49. The van der Waals surface area contributed by atoms with Gasteiger partial charge in [0.05, 0.1) is 5.69 Å². The van der Waals surface area contributed by atoms with Gasteiger partial charge in [0.1, 0.15) is 6.54 Å². The van der Waals surface area contributed by atoms with Crippen molar-refractivity contribution in [2.75, 3.05) is 0 Å². The second kappa shape index (κ2) is 4.99. The van der Waals surface area contributed by atoms with Gasteiger partial charge in [-0.3, -0.25) is 4.68 Å². The predicted octanol–water partition coefficient (Wildman–Crippen LogP) is 1.63. The van der Waals surface area contributed by atoms with Crippen LogP contribution in [0.25, 0.3) is 0 Å². The molecule has 0 spiro atoms. The predicted molar refractivity (Wildman–Crippen MR) is 62.5 cm³/mol. The summed E-state index contributed by atoms with van der Waals surface area (Å²) < 4.78 is 1.88. The molecule has 0 aromatic carbocycles. The number of terminal acetylenes is 1. The average Bonchev–Trinajstić information content (AvgIpc) is 2.40. The number of aromatic nitrogens is 2. The average molecular weight is 205 g/mol. The number of nitrogens with zero attached hydrogens (tertiary/aromatic N) is 2. The van der Waals surface area contributed by atoms with Crippen molar-refractivity contribution in [1.29, 1.82) is 0 Å². The standard InChI is InChI=1S/C12H19N3/c1-6-7-15-11(5)12(10(4)14-15)8-13-9(2)3/h1,9,13H,7-8H2,2-5H3. The fourth-order valence-corrected chi connectivity index (χ4v) is 1.54. The van der Waals surface area contributed by atoms with E-state index in [0.717, 1.165) is 12.2 Å². The van der Waals surface area contributed by atoms with E-state index in [0.29, 0.717) is 12.6 Å². The van der Waals surface area contributed by atoms with Gasteiger partial charge in [-0.15, -0.1) is 6.42 Å². The molecule has 0 saturated heterocycles. The lowest BCUT2D eigenvalue weighted by molar-refractivity contribution is 0.585. The zero-order valence-electron chi connectivity index (χ0n) is 9.96. The van der Waals surface area contributed by atoms with Gasteiger partial charge in [0.2, 0.25) is 0 Å². The van der Waals surface area contributed by atoms with E-state index in [2.05, 4.69) is 37.1 Å². The van der Waals surface area contributed by atoms with Crippen LogP contribution < -0.4 is 5.32 Å². The van der Waals surface area contributed by atoms with E-state index in [1.54, 1.807) is 0 Å². The summed E-state index contributed by atoms with van der Waals surface area (Å²) in [7, 11) is 0. The third-order valence-corrected chi connectivity index (χ3v) is 2.46. The molecule has 0 amide bonds. The molecular formula is C12H19N3. The third-order valence-electron chi connectivity index (χ3n) is 2.46. The Balaban J connectivity index is 2.84. The molecule has 0 aliphatic rings. The van der Waals surface area contributed by atoms with Crippen molar-refractivity contribution in [2.45, 2.75) is 46.8 Å². The lowest BCUT2D eigenvalue weighted by Gasteiger charge is -2.08. The molecular weight excluding hydrogens is 186 g/mol. The Kier molecular flexibility index (Phi) is 3.93. The number of rotatable bonds is 4. The number of hydrogen-bond donors (Lipinski definition) is 1. The molecule has 0 aliphatic carbocycles. The summed E-state index contributed by atoms with van der Waals surface area (Å²) in [5.74, 6) is 2.61. The van der Waals surface area contributed by atoms with Gasteiger partial charge in [-0.2, -0.15) is 5.10 Å². The van der Waals surface area contributed by atoms with E-state index < -0.39 is 0 Å². The van der Waals surface area contributed by atoms with Crippen molar-refractivity contribution in [2.24, 2.45) is 0 Å². The Hall–Kier alpha value is -1.27. The van der Waals surface area contributed by atoms with Crippen LogP contribution in [0.3, 0.4) is 0 Å². The Morgan fingerprint density at radius 1 is 1.47 bits per heavy atom. The maximum absolute atomic E-state index is 5.28. The third kappa shape index (κ3) is 2.84. The zero-order chi connectivity index (χ0) is 11.4. The van der Waals surface area contributed by atoms with Crippen LogP contribution in [0, 0.1) is 26.2 Å². The first-order valence-corrected chi connectivity index (χ1v) is 5.26. The topological polar surface area (TPSA) is 29.9 Å². The lowest BCUT2D eigenvalue weighted by Crippen LogP contribution is -2.22. The Bertz CT molecular complexity index is 369. The molecule has 15 heavy (non-hydrogen) atoms. The first-order chi connectivity index (χ1) is 7.06. The first-order valence-electron chi connectivity index (χ1n) is 5.26. The second-order valence-corrected chi connectivity index (χ2v) is 4.05. The summed E-state index contributed by atoms with van der Waals surface area (Å²) in [6.45, 7) is 9.77. The van der Waals surface area contributed by atoms with Gasteiger partial charge in [-0.1, -0.05) is 19.8 Å². The smallest absolute Gasteiger partial charge is 0.102 e. The number of aryl methyl sites for hydroxylation is 1. The Morgan fingerprint density at radius 2 is 2.13 bits per heavy atom.